The van der Waals surface area contributed by atoms with E-state index in [0.29, 0.717) is 12.2 Å². The third-order valence-electron chi connectivity index (χ3n) is 3.37. The molecule has 122 valence electrons. The van der Waals surface area contributed by atoms with Crippen LogP contribution in [0.1, 0.15) is 25.8 Å². The molecule has 0 radical (unpaired) electrons. The van der Waals surface area contributed by atoms with Gasteiger partial charge in [0.15, 0.2) is 0 Å². The van der Waals surface area contributed by atoms with Gasteiger partial charge in [0.25, 0.3) is 0 Å². The number of hydrogen-bond acceptors (Lipinski definition) is 2. The summed E-state index contributed by atoms with van der Waals surface area (Å²) in [6, 6.07) is 12.9. The number of benzene rings is 2. The van der Waals surface area contributed by atoms with Crippen molar-refractivity contribution in [2.45, 2.75) is 32.9 Å². The normalized spacial score (nSPS) is 11.6. The summed E-state index contributed by atoms with van der Waals surface area (Å²) in [4.78, 5) is 11.9. The van der Waals surface area contributed by atoms with E-state index in [4.69, 9.17) is 4.74 Å². The number of ether oxygens (including phenoxy) is 1. The van der Waals surface area contributed by atoms with Crippen LogP contribution in [-0.4, -0.2) is 12.1 Å². The monoisotopic (exact) mass is 316 g/mol. The molecule has 2 N–H and O–H groups in total. The molecule has 2 aromatic rings. The molecule has 0 bridgehead atoms. The minimum Gasteiger partial charge on any atom is -0.491 e. The second kappa shape index (κ2) is 8.17. The number of anilines is 1. The number of urea groups is 1. The molecule has 0 spiro atoms. The van der Waals surface area contributed by atoms with E-state index in [2.05, 4.69) is 17.6 Å². The molecule has 0 aliphatic rings. The maximum Gasteiger partial charge on any atom is 0.319 e. The fraction of sp³-hybridized carbons (Fsp3) is 0.278. The summed E-state index contributed by atoms with van der Waals surface area (Å²) in [5.74, 6) is 0.423. The second-order valence-corrected chi connectivity index (χ2v) is 5.30. The van der Waals surface area contributed by atoms with Crippen LogP contribution in [0.25, 0.3) is 0 Å². The van der Waals surface area contributed by atoms with E-state index in [1.54, 1.807) is 24.3 Å². The van der Waals surface area contributed by atoms with Crippen LogP contribution in [0.3, 0.4) is 0 Å². The van der Waals surface area contributed by atoms with E-state index < -0.39 is 0 Å². The molecule has 0 saturated carbocycles. The largest absolute Gasteiger partial charge is 0.491 e. The molecule has 1 atom stereocenters. The molecule has 0 fully saturated rings. The van der Waals surface area contributed by atoms with Crippen molar-refractivity contribution < 1.29 is 13.9 Å². The Balaban J connectivity index is 1.87. The second-order valence-electron chi connectivity index (χ2n) is 5.30. The van der Waals surface area contributed by atoms with Crippen molar-refractivity contribution in [3.63, 3.8) is 0 Å². The zero-order chi connectivity index (χ0) is 16.7. The van der Waals surface area contributed by atoms with Crippen LogP contribution in [0, 0.1) is 5.82 Å². The third kappa shape index (κ3) is 5.62. The molecule has 5 heteroatoms. The fourth-order valence-electron chi connectivity index (χ4n) is 1.92. The first-order valence-corrected chi connectivity index (χ1v) is 7.63. The van der Waals surface area contributed by atoms with Crippen molar-refractivity contribution in [2.75, 3.05) is 5.32 Å². The lowest BCUT2D eigenvalue weighted by atomic mass is 10.2. The Hall–Kier alpha value is -2.56. The van der Waals surface area contributed by atoms with E-state index in [1.165, 1.54) is 12.1 Å². The summed E-state index contributed by atoms with van der Waals surface area (Å²) >= 11 is 0. The first-order chi connectivity index (χ1) is 11.1. The van der Waals surface area contributed by atoms with Crippen LogP contribution < -0.4 is 15.4 Å². The van der Waals surface area contributed by atoms with Gasteiger partial charge in [-0.05, 0) is 43.2 Å². The van der Waals surface area contributed by atoms with Gasteiger partial charge in [0.05, 0.1) is 6.10 Å². The number of rotatable bonds is 6. The van der Waals surface area contributed by atoms with Crippen LogP contribution in [0.4, 0.5) is 14.9 Å². The zero-order valence-electron chi connectivity index (χ0n) is 13.3. The van der Waals surface area contributed by atoms with E-state index >= 15 is 0 Å². The van der Waals surface area contributed by atoms with E-state index in [-0.39, 0.29) is 18.0 Å². The highest BCUT2D eigenvalue weighted by molar-refractivity contribution is 5.89. The van der Waals surface area contributed by atoms with E-state index in [0.717, 1.165) is 17.7 Å². The number of halogens is 1. The standard InChI is InChI=1S/C18H21FN2O2/c1-3-13(2)23-17-6-4-5-16(11-17)21-18(22)20-12-14-7-9-15(19)10-8-14/h4-11,13H,3,12H2,1-2H3,(H2,20,21,22). The number of nitrogens with one attached hydrogen (secondary N) is 2. The number of carbonyl (C=O) groups is 1. The van der Waals surface area contributed by atoms with Crippen molar-refractivity contribution in [3.05, 3.63) is 59.9 Å². The Labute approximate surface area is 135 Å². The Kier molecular flexibility index (Phi) is 5.97. The zero-order valence-corrected chi connectivity index (χ0v) is 13.3. The van der Waals surface area contributed by atoms with Gasteiger partial charge in [-0.1, -0.05) is 25.1 Å². The highest BCUT2D eigenvalue weighted by Crippen LogP contribution is 2.19. The molecule has 23 heavy (non-hydrogen) atoms. The average molecular weight is 316 g/mol. The molecule has 0 aliphatic carbocycles. The molecular formula is C18H21FN2O2. The Morgan fingerprint density at radius 2 is 1.96 bits per heavy atom. The summed E-state index contributed by atoms with van der Waals surface area (Å²) in [7, 11) is 0. The first kappa shape index (κ1) is 16.8. The lowest BCUT2D eigenvalue weighted by molar-refractivity contribution is 0.217. The smallest absolute Gasteiger partial charge is 0.319 e. The van der Waals surface area contributed by atoms with Gasteiger partial charge in [0, 0.05) is 18.3 Å². The number of hydrogen-bond donors (Lipinski definition) is 2. The summed E-state index contributed by atoms with van der Waals surface area (Å²) in [5.41, 5.74) is 1.48. The summed E-state index contributed by atoms with van der Waals surface area (Å²) in [6.07, 6.45) is 1.04. The van der Waals surface area contributed by atoms with Crippen molar-refractivity contribution in [1.29, 1.82) is 0 Å². The van der Waals surface area contributed by atoms with Crippen LogP contribution in [0.2, 0.25) is 0 Å². The highest BCUT2D eigenvalue weighted by Gasteiger charge is 2.05. The average Bonchev–Trinajstić information content (AvgIpc) is 2.54. The molecule has 1 unspecified atom stereocenters. The molecular weight excluding hydrogens is 295 g/mol. The molecule has 0 aromatic heterocycles. The Morgan fingerprint density at radius 3 is 2.65 bits per heavy atom. The fourth-order valence-corrected chi connectivity index (χ4v) is 1.92. The SMILES string of the molecule is CCC(C)Oc1cccc(NC(=O)NCc2ccc(F)cc2)c1. The molecule has 2 rings (SSSR count). The highest BCUT2D eigenvalue weighted by atomic mass is 19.1. The van der Waals surface area contributed by atoms with Gasteiger partial charge in [0.1, 0.15) is 11.6 Å². The quantitative estimate of drug-likeness (QED) is 0.833. The molecule has 0 saturated heterocycles. The van der Waals surface area contributed by atoms with Crippen molar-refractivity contribution in [3.8, 4) is 5.75 Å². The summed E-state index contributed by atoms with van der Waals surface area (Å²) in [6.45, 7) is 4.38. The van der Waals surface area contributed by atoms with Crippen molar-refractivity contribution in [1.82, 2.24) is 5.32 Å². The van der Waals surface area contributed by atoms with Crippen molar-refractivity contribution in [2.24, 2.45) is 0 Å². The van der Waals surface area contributed by atoms with Gasteiger partial charge in [-0.15, -0.1) is 0 Å². The number of carbonyl (C=O) groups excluding carboxylic acids is 1. The molecule has 2 amide bonds. The third-order valence-corrected chi connectivity index (χ3v) is 3.37. The van der Waals surface area contributed by atoms with Gasteiger partial charge in [-0.3, -0.25) is 0 Å². The van der Waals surface area contributed by atoms with Crippen LogP contribution in [-0.2, 0) is 6.54 Å². The number of amides is 2. The molecule has 2 aromatic carbocycles. The van der Waals surface area contributed by atoms with Crippen LogP contribution in [0.15, 0.2) is 48.5 Å². The first-order valence-electron chi connectivity index (χ1n) is 7.63. The minimum absolute atomic E-state index is 0.123. The maximum absolute atomic E-state index is 12.8. The van der Waals surface area contributed by atoms with Crippen LogP contribution in [0.5, 0.6) is 5.75 Å². The van der Waals surface area contributed by atoms with Gasteiger partial charge in [-0.2, -0.15) is 0 Å². The van der Waals surface area contributed by atoms with Crippen LogP contribution >= 0.6 is 0 Å². The molecule has 0 heterocycles. The molecule has 4 nitrogen and oxygen atoms in total. The van der Waals surface area contributed by atoms with Gasteiger partial charge < -0.3 is 15.4 Å². The Bertz CT molecular complexity index is 644. The maximum atomic E-state index is 12.8. The summed E-state index contributed by atoms with van der Waals surface area (Å²) in [5, 5.41) is 5.48. The topological polar surface area (TPSA) is 50.4 Å². The lowest BCUT2D eigenvalue weighted by Gasteiger charge is -2.14. The predicted molar refractivity (Wildman–Crippen MR) is 89.1 cm³/mol. The van der Waals surface area contributed by atoms with Gasteiger partial charge >= 0.3 is 6.03 Å². The predicted octanol–water partition coefficient (Wildman–Crippen LogP) is 4.32. The summed E-state index contributed by atoms with van der Waals surface area (Å²) < 4.78 is 18.5. The molecule has 0 aliphatic heterocycles. The van der Waals surface area contributed by atoms with Gasteiger partial charge in [0.2, 0.25) is 0 Å². The van der Waals surface area contributed by atoms with Crippen molar-refractivity contribution >= 4 is 11.7 Å². The van der Waals surface area contributed by atoms with Gasteiger partial charge in [-0.25, -0.2) is 9.18 Å². The Morgan fingerprint density at radius 1 is 1.22 bits per heavy atom. The van der Waals surface area contributed by atoms with E-state index in [1.807, 2.05) is 19.1 Å². The van der Waals surface area contributed by atoms with E-state index in [9.17, 15) is 9.18 Å². The lowest BCUT2D eigenvalue weighted by Crippen LogP contribution is -2.28. The minimum atomic E-state index is -0.324.